The largest absolute Gasteiger partial charge is 0.463 e. The molecule has 1 unspecified atom stereocenters. The Labute approximate surface area is 75.3 Å². The van der Waals surface area contributed by atoms with E-state index in [1.165, 1.54) is 0 Å². The zero-order valence-electron chi connectivity index (χ0n) is 7.02. The SMILES string of the molecule is C=CC(=O)OCOC1COC(=O)C1. The lowest BCUT2D eigenvalue weighted by atomic mass is 10.3. The van der Waals surface area contributed by atoms with Gasteiger partial charge in [0.05, 0.1) is 6.42 Å². The Morgan fingerprint density at radius 1 is 1.77 bits per heavy atom. The summed E-state index contributed by atoms with van der Waals surface area (Å²) in [5.41, 5.74) is 0. The molecule has 1 heterocycles. The minimum absolute atomic E-state index is 0.174. The number of rotatable bonds is 4. The van der Waals surface area contributed by atoms with Crippen molar-refractivity contribution in [3.8, 4) is 0 Å². The third-order valence-electron chi connectivity index (χ3n) is 1.50. The molecule has 0 aromatic heterocycles. The molecule has 0 aliphatic carbocycles. The average molecular weight is 186 g/mol. The number of carbonyl (C=O) groups is 2. The Bertz CT molecular complexity index is 223. The van der Waals surface area contributed by atoms with Crippen LogP contribution < -0.4 is 0 Å². The van der Waals surface area contributed by atoms with Gasteiger partial charge in [0.25, 0.3) is 0 Å². The zero-order valence-corrected chi connectivity index (χ0v) is 7.02. The van der Waals surface area contributed by atoms with E-state index in [0.717, 1.165) is 6.08 Å². The number of ether oxygens (including phenoxy) is 3. The van der Waals surface area contributed by atoms with Crippen molar-refractivity contribution in [2.45, 2.75) is 12.5 Å². The maximum atomic E-state index is 10.6. The minimum Gasteiger partial charge on any atom is -0.463 e. The number of cyclic esters (lactones) is 1. The van der Waals surface area contributed by atoms with Crippen molar-refractivity contribution in [2.24, 2.45) is 0 Å². The predicted molar refractivity (Wildman–Crippen MR) is 41.6 cm³/mol. The van der Waals surface area contributed by atoms with Crippen molar-refractivity contribution in [3.63, 3.8) is 0 Å². The first-order valence-corrected chi connectivity index (χ1v) is 3.79. The van der Waals surface area contributed by atoms with Crippen molar-refractivity contribution >= 4 is 11.9 Å². The second-order valence-corrected chi connectivity index (χ2v) is 2.46. The summed E-state index contributed by atoms with van der Waals surface area (Å²) in [5.74, 6) is -0.842. The molecule has 0 saturated carbocycles. The van der Waals surface area contributed by atoms with Gasteiger partial charge in [-0.05, 0) is 0 Å². The predicted octanol–water partition coefficient (Wildman–Crippen LogP) is 0.00520. The molecule has 0 amide bonds. The van der Waals surface area contributed by atoms with Crippen LogP contribution in [0.3, 0.4) is 0 Å². The van der Waals surface area contributed by atoms with Crippen molar-refractivity contribution in [1.29, 1.82) is 0 Å². The van der Waals surface area contributed by atoms with Crippen LogP contribution in [-0.2, 0) is 23.8 Å². The van der Waals surface area contributed by atoms with Crippen molar-refractivity contribution in [3.05, 3.63) is 12.7 Å². The highest BCUT2D eigenvalue weighted by Gasteiger charge is 2.24. The summed E-state index contributed by atoms with van der Waals surface area (Å²) in [6, 6.07) is 0. The summed E-state index contributed by atoms with van der Waals surface area (Å²) >= 11 is 0. The van der Waals surface area contributed by atoms with Gasteiger partial charge in [-0.2, -0.15) is 0 Å². The molecule has 1 aliphatic heterocycles. The Morgan fingerprint density at radius 3 is 3.08 bits per heavy atom. The van der Waals surface area contributed by atoms with E-state index >= 15 is 0 Å². The Morgan fingerprint density at radius 2 is 2.54 bits per heavy atom. The lowest BCUT2D eigenvalue weighted by molar-refractivity contribution is -0.154. The highest BCUT2D eigenvalue weighted by atomic mass is 16.7. The summed E-state index contributed by atoms with van der Waals surface area (Å²) in [4.78, 5) is 21.1. The molecule has 0 aromatic carbocycles. The van der Waals surface area contributed by atoms with E-state index in [2.05, 4.69) is 16.1 Å². The highest BCUT2D eigenvalue weighted by molar-refractivity contribution is 5.81. The van der Waals surface area contributed by atoms with Crippen LogP contribution in [0.4, 0.5) is 0 Å². The fourth-order valence-electron chi connectivity index (χ4n) is 0.844. The molecule has 0 aromatic rings. The van der Waals surface area contributed by atoms with Crippen molar-refractivity contribution < 1.29 is 23.8 Å². The normalized spacial score (nSPS) is 20.9. The van der Waals surface area contributed by atoms with Crippen LogP contribution in [0.15, 0.2) is 12.7 Å². The molecule has 1 aliphatic rings. The molecule has 0 N–H and O–H groups in total. The van der Waals surface area contributed by atoms with Crippen LogP contribution in [0.2, 0.25) is 0 Å². The lowest BCUT2D eigenvalue weighted by Crippen LogP contribution is -2.16. The number of hydrogen-bond acceptors (Lipinski definition) is 5. The Hall–Kier alpha value is -1.36. The second kappa shape index (κ2) is 4.61. The quantitative estimate of drug-likeness (QED) is 0.351. The van der Waals surface area contributed by atoms with Crippen LogP contribution in [-0.4, -0.2) is 31.4 Å². The first-order valence-electron chi connectivity index (χ1n) is 3.79. The molecule has 0 spiro atoms. The first-order chi connectivity index (χ1) is 6.22. The van der Waals surface area contributed by atoms with E-state index in [-0.39, 0.29) is 31.9 Å². The van der Waals surface area contributed by atoms with Crippen LogP contribution in [0, 0.1) is 0 Å². The molecule has 1 saturated heterocycles. The summed E-state index contributed by atoms with van der Waals surface area (Å²) < 4.78 is 14.2. The topological polar surface area (TPSA) is 61.8 Å². The number of carbonyl (C=O) groups excluding carboxylic acids is 2. The molecule has 0 radical (unpaired) electrons. The van der Waals surface area contributed by atoms with Crippen LogP contribution in [0.25, 0.3) is 0 Å². The van der Waals surface area contributed by atoms with E-state index in [9.17, 15) is 9.59 Å². The molecule has 1 rings (SSSR count). The van der Waals surface area contributed by atoms with Gasteiger partial charge in [-0.1, -0.05) is 6.58 Å². The maximum Gasteiger partial charge on any atom is 0.332 e. The van der Waals surface area contributed by atoms with E-state index in [4.69, 9.17) is 4.74 Å². The fraction of sp³-hybridized carbons (Fsp3) is 0.500. The fourth-order valence-corrected chi connectivity index (χ4v) is 0.844. The van der Waals surface area contributed by atoms with Gasteiger partial charge in [0.1, 0.15) is 12.7 Å². The minimum atomic E-state index is -0.551. The Balaban J connectivity index is 2.09. The van der Waals surface area contributed by atoms with E-state index in [1.54, 1.807) is 0 Å². The lowest BCUT2D eigenvalue weighted by Gasteiger charge is -2.07. The van der Waals surface area contributed by atoms with Gasteiger partial charge in [0.15, 0.2) is 6.79 Å². The van der Waals surface area contributed by atoms with E-state index in [0.29, 0.717) is 0 Å². The Kier molecular flexibility index (Phi) is 3.45. The summed E-state index contributed by atoms with van der Waals surface area (Å²) in [6.07, 6.45) is 0.954. The van der Waals surface area contributed by atoms with Crippen molar-refractivity contribution in [1.82, 2.24) is 0 Å². The third kappa shape index (κ3) is 3.25. The molecular weight excluding hydrogens is 176 g/mol. The summed E-state index contributed by atoms with van der Waals surface area (Å²) in [7, 11) is 0. The standard InChI is InChI=1S/C8H10O5/c1-2-7(9)13-5-12-6-3-8(10)11-4-6/h2,6H,1,3-5H2. The second-order valence-electron chi connectivity index (χ2n) is 2.46. The smallest absolute Gasteiger partial charge is 0.332 e. The maximum absolute atomic E-state index is 10.6. The van der Waals surface area contributed by atoms with Crippen molar-refractivity contribution in [2.75, 3.05) is 13.4 Å². The molecular formula is C8H10O5. The summed E-state index contributed by atoms with van der Waals surface area (Å²) in [6.45, 7) is 3.27. The van der Waals surface area contributed by atoms with Gasteiger partial charge >= 0.3 is 11.9 Å². The highest BCUT2D eigenvalue weighted by Crippen LogP contribution is 2.09. The monoisotopic (exact) mass is 186 g/mol. The third-order valence-corrected chi connectivity index (χ3v) is 1.50. The van der Waals surface area contributed by atoms with E-state index in [1.807, 2.05) is 0 Å². The van der Waals surface area contributed by atoms with E-state index < -0.39 is 5.97 Å². The molecule has 1 fully saturated rings. The van der Waals surface area contributed by atoms with Gasteiger partial charge in [-0.3, -0.25) is 4.79 Å². The first kappa shape index (κ1) is 9.73. The number of esters is 2. The van der Waals surface area contributed by atoms with Gasteiger partial charge in [0, 0.05) is 6.08 Å². The molecule has 13 heavy (non-hydrogen) atoms. The molecule has 1 atom stereocenters. The van der Waals surface area contributed by atoms with Gasteiger partial charge in [-0.25, -0.2) is 4.79 Å². The molecule has 5 nitrogen and oxygen atoms in total. The van der Waals surface area contributed by atoms with Crippen LogP contribution >= 0.6 is 0 Å². The zero-order chi connectivity index (χ0) is 9.68. The van der Waals surface area contributed by atoms with Gasteiger partial charge < -0.3 is 14.2 Å². The van der Waals surface area contributed by atoms with Crippen LogP contribution in [0.1, 0.15) is 6.42 Å². The average Bonchev–Trinajstić information content (AvgIpc) is 2.51. The summed E-state index contributed by atoms with van der Waals surface area (Å²) in [5, 5.41) is 0. The van der Waals surface area contributed by atoms with Crippen LogP contribution in [0.5, 0.6) is 0 Å². The van der Waals surface area contributed by atoms with Gasteiger partial charge in [-0.15, -0.1) is 0 Å². The molecule has 0 bridgehead atoms. The van der Waals surface area contributed by atoms with Gasteiger partial charge in [0.2, 0.25) is 0 Å². The number of hydrogen-bond donors (Lipinski definition) is 0. The molecule has 5 heteroatoms. The molecule has 72 valence electrons.